The van der Waals surface area contributed by atoms with Gasteiger partial charge in [-0.25, -0.2) is 0 Å². The van der Waals surface area contributed by atoms with E-state index in [-0.39, 0.29) is 0 Å². The number of hydrogen-bond acceptors (Lipinski definition) is 3. The zero-order chi connectivity index (χ0) is 8.39. The highest BCUT2D eigenvalue weighted by Gasteiger charge is 1.97. The van der Waals surface area contributed by atoms with Crippen molar-refractivity contribution >= 4 is 23.3 Å². The van der Waals surface area contributed by atoms with Crippen LogP contribution in [-0.4, -0.2) is 16.7 Å². The molecule has 0 atom stereocenters. The lowest BCUT2D eigenvalue weighted by Crippen LogP contribution is -1.79. The Hall–Kier alpha value is -1.77. The second-order valence-electron chi connectivity index (χ2n) is 2.38. The summed E-state index contributed by atoms with van der Waals surface area (Å²) >= 11 is 0. The zero-order valence-corrected chi connectivity index (χ0v) is 6.44. The molecule has 0 radical (unpaired) electrons. The van der Waals surface area contributed by atoms with Crippen molar-refractivity contribution < 1.29 is 0 Å². The average Bonchev–Trinajstić information content (AvgIpc) is 2.17. The molecule has 0 fully saturated rings. The van der Waals surface area contributed by atoms with E-state index in [1.165, 1.54) is 0 Å². The normalized spacial score (nSPS) is 10.0. The van der Waals surface area contributed by atoms with Crippen molar-refractivity contribution in [2.45, 2.75) is 0 Å². The number of nitrogens with zero attached hydrogens (tertiary/aromatic N) is 3. The van der Waals surface area contributed by atoms with Gasteiger partial charge in [0, 0.05) is 17.8 Å². The fraction of sp³-hybridized carbons (Fsp3) is 0. The Labute approximate surface area is 69.8 Å². The van der Waals surface area contributed by atoms with Gasteiger partial charge < -0.3 is 0 Å². The van der Waals surface area contributed by atoms with Gasteiger partial charge in [-0.3, -0.25) is 15.0 Å². The standard InChI is InChI=1S/C9H7N3/c1-10-8-3-5-12-9-6-11-4-2-7(8)9/h2-6H,1H2. The summed E-state index contributed by atoms with van der Waals surface area (Å²) in [5.74, 6) is 0. The van der Waals surface area contributed by atoms with E-state index in [1.54, 1.807) is 18.6 Å². The van der Waals surface area contributed by atoms with Crippen molar-refractivity contribution in [3.8, 4) is 0 Å². The molecule has 2 aromatic rings. The van der Waals surface area contributed by atoms with E-state index < -0.39 is 0 Å². The van der Waals surface area contributed by atoms with Gasteiger partial charge in [-0.1, -0.05) is 0 Å². The SMILES string of the molecule is C=Nc1ccnc2cnccc12. The van der Waals surface area contributed by atoms with E-state index in [9.17, 15) is 0 Å². The number of aliphatic imine (C=N–C) groups is 1. The van der Waals surface area contributed by atoms with Crippen molar-refractivity contribution in [3.63, 3.8) is 0 Å². The van der Waals surface area contributed by atoms with Crippen LogP contribution in [0.25, 0.3) is 10.9 Å². The Kier molecular flexibility index (Phi) is 1.55. The Bertz CT molecular complexity index is 418. The Morgan fingerprint density at radius 1 is 1.25 bits per heavy atom. The maximum atomic E-state index is 4.14. The largest absolute Gasteiger partial charge is 0.264 e. The lowest BCUT2D eigenvalue weighted by Gasteiger charge is -1.97. The first-order chi connectivity index (χ1) is 5.92. The number of aromatic nitrogens is 2. The number of pyridine rings is 2. The fourth-order valence-corrected chi connectivity index (χ4v) is 1.12. The number of hydrogen-bond donors (Lipinski definition) is 0. The topological polar surface area (TPSA) is 38.1 Å². The first kappa shape index (κ1) is 6.91. The van der Waals surface area contributed by atoms with Gasteiger partial charge in [-0.05, 0) is 18.9 Å². The molecule has 12 heavy (non-hydrogen) atoms. The van der Waals surface area contributed by atoms with Crippen LogP contribution >= 0.6 is 0 Å². The summed E-state index contributed by atoms with van der Waals surface area (Å²) in [6.07, 6.45) is 5.14. The Balaban J connectivity index is 2.88. The van der Waals surface area contributed by atoms with Crippen molar-refractivity contribution in [2.24, 2.45) is 4.99 Å². The molecule has 0 bridgehead atoms. The van der Waals surface area contributed by atoms with Crippen molar-refractivity contribution in [3.05, 3.63) is 30.7 Å². The van der Waals surface area contributed by atoms with Gasteiger partial charge in [-0.2, -0.15) is 0 Å². The van der Waals surface area contributed by atoms with Gasteiger partial charge >= 0.3 is 0 Å². The molecule has 0 N–H and O–H groups in total. The minimum atomic E-state index is 0.849. The van der Waals surface area contributed by atoms with Crippen LogP contribution in [0, 0.1) is 0 Å². The Morgan fingerprint density at radius 3 is 3.00 bits per heavy atom. The summed E-state index contributed by atoms with van der Waals surface area (Å²) in [5, 5.41) is 0.988. The fourth-order valence-electron chi connectivity index (χ4n) is 1.12. The molecule has 0 unspecified atom stereocenters. The minimum absolute atomic E-state index is 0.849. The zero-order valence-electron chi connectivity index (χ0n) is 6.44. The van der Waals surface area contributed by atoms with Crippen molar-refractivity contribution in [1.29, 1.82) is 0 Å². The quantitative estimate of drug-likeness (QED) is 0.593. The summed E-state index contributed by atoms with van der Waals surface area (Å²) in [6, 6.07) is 3.71. The average molecular weight is 157 g/mol. The molecule has 0 aliphatic rings. The lowest BCUT2D eigenvalue weighted by atomic mass is 10.2. The van der Waals surface area contributed by atoms with Crippen LogP contribution in [0.1, 0.15) is 0 Å². The van der Waals surface area contributed by atoms with Crippen LogP contribution in [-0.2, 0) is 0 Å². The number of rotatable bonds is 1. The molecule has 0 saturated carbocycles. The summed E-state index contributed by atoms with van der Waals surface area (Å²) in [6.45, 7) is 3.48. The highest BCUT2D eigenvalue weighted by atomic mass is 14.8. The molecule has 0 aliphatic heterocycles. The first-order valence-corrected chi connectivity index (χ1v) is 3.57. The third-order valence-corrected chi connectivity index (χ3v) is 1.69. The predicted molar refractivity (Wildman–Crippen MR) is 48.7 cm³/mol. The third kappa shape index (κ3) is 0.955. The monoisotopic (exact) mass is 157 g/mol. The van der Waals surface area contributed by atoms with Crippen LogP contribution < -0.4 is 0 Å². The molecule has 3 heteroatoms. The summed E-state index contributed by atoms with van der Waals surface area (Å²) in [4.78, 5) is 12.0. The molecule has 2 rings (SSSR count). The molecule has 0 spiro atoms. The molecular formula is C9H7N3. The predicted octanol–water partition coefficient (Wildman–Crippen LogP) is 1.96. The van der Waals surface area contributed by atoms with Gasteiger partial charge in [0.1, 0.15) is 0 Å². The van der Waals surface area contributed by atoms with Crippen molar-refractivity contribution in [1.82, 2.24) is 9.97 Å². The van der Waals surface area contributed by atoms with Crippen molar-refractivity contribution in [2.75, 3.05) is 0 Å². The van der Waals surface area contributed by atoms with Gasteiger partial charge in [-0.15, -0.1) is 0 Å². The molecular weight excluding hydrogens is 150 g/mol. The van der Waals surface area contributed by atoms with E-state index in [1.807, 2.05) is 12.1 Å². The van der Waals surface area contributed by atoms with E-state index >= 15 is 0 Å². The molecule has 58 valence electrons. The van der Waals surface area contributed by atoms with Gasteiger partial charge in [0.15, 0.2) is 0 Å². The highest BCUT2D eigenvalue weighted by molar-refractivity contribution is 5.89. The molecule has 0 aromatic carbocycles. The maximum Gasteiger partial charge on any atom is 0.0906 e. The van der Waals surface area contributed by atoms with E-state index in [0.717, 1.165) is 16.6 Å². The smallest absolute Gasteiger partial charge is 0.0906 e. The number of fused-ring (bicyclic) bond motifs is 1. The summed E-state index contributed by atoms with van der Waals surface area (Å²) in [5.41, 5.74) is 1.70. The van der Waals surface area contributed by atoms with Crippen LogP contribution in [0.3, 0.4) is 0 Å². The molecule has 0 amide bonds. The molecule has 0 aliphatic carbocycles. The first-order valence-electron chi connectivity index (χ1n) is 3.57. The second kappa shape index (κ2) is 2.70. The second-order valence-corrected chi connectivity index (χ2v) is 2.38. The van der Waals surface area contributed by atoms with Gasteiger partial charge in [0.25, 0.3) is 0 Å². The summed E-state index contributed by atoms with van der Waals surface area (Å²) in [7, 11) is 0. The van der Waals surface area contributed by atoms with Crippen LogP contribution in [0.4, 0.5) is 5.69 Å². The maximum absolute atomic E-state index is 4.14. The van der Waals surface area contributed by atoms with E-state index in [4.69, 9.17) is 0 Å². The molecule has 0 saturated heterocycles. The van der Waals surface area contributed by atoms with Crippen LogP contribution in [0.2, 0.25) is 0 Å². The molecule has 3 nitrogen and oxygen atoms in total. The third-order valence-electron chi connectivity index (χ3n) is 1.69. The lowest BCUT2D eigenvalue weighted by molar-refractivity contribution is 1.31. The molecule has 2 aromatic heterocycles. The van der Waals surface area contributed by atoms with Gasteiger partial charge in [0.2, 0.25) is 0 Å². The highest BCUT2D eigenvalue weighted by Crippen LogP contribution is 2.21. The van der Waals surface area contributed by atoms with E-state index in [0.29, 0.717) is 0 Å². The van der Waals surface area contributed by atoms with Gasteiger partial charge in [0.05, 0.1) is 17.4 Å². The minimum Gasteiger partial charge on any atom is -0.264 e. The van der Waals surface area contributed by atoms with Crippen LogP contribution in [0.15, 0.2) is 35.7 Å². The van der Waals surface area contributed by atoms with E-state index in [2.05, 4.69) is 21.7 Å². The Morgan fingerprint density at radius 2 is 2.17 bits per heavy atom. The van der Waals surface area contributed by atoms with Crippen LogP contribution in [0.5, 0.6) is 0 Å². The molecule has 2 heterocycles. The summed E-state index contributed by atoms with van der Waals surface area (Å²) < 4.78 is 0.